The van der Waals surface area contributed by atoms with E-state index in [1.807, 2.05) is 13.0 Å². The first-order valence-electron chi connectivity index (χ1n) is 7.43. The Bertz CT molecular complexity index is 386. The molecule has 0 saturated heterocycles. The Morgan fingerprint density at radius 1 is 1.32 bits per heavy atom. The van der Waals surface area contributed by atoms with E-state index in [2.05, 4.69) is 30.5 Å². The molecule has 3 N–H and O–H groups in total. The number of hydrazine groups is 1. The first kappa shape index (κ1) is 14.4. The molecule has 1 saturated carbocycles. The molecule has 0 spiro atoms. The monoisotopic (exact) mass is 262 g/mol. The van der Waals surface area contributed by atoms with E-state index in [9.17, 15) is 0 Å². The van der Waals surface area contributed by atoms with Crippen LogP contribution in [0.4, 0.5) is 0 Å². The average Bonchev–Trinajstić information content (AvgIpc) is 2.43. The highest BCUT2D eigenvalue weighted by atomic mass is 16.5. The number of rotatable bonds is 5. The summed E-state index contributed by atoms with van der Waals surface area (Å²) in [6.45, 7) is 5.05. The molecule has 0 amide bonds. The van der Waals surface area contributed by atoms with E-state index in [-0.39, 0.29) is 6.04 Å². The fourth-order valence-corrected chi connectivity index (χ4v) is 3.09. The van der Waals surface area contributed by atoms with Crippen molar-refractivity contribution in [3.05, 3.63) is 29.8 Å². The maximum absolute atomic E-state index is 5.80. The van der Waals surface area contributed by atoms with Gasteiger partial charge in [0.2, 0.25) is 0 Å². The minimum atomic E-state index is 0.243. The van der Waals surface area contributed by atoms with E-state index in [1.54, 1.807) is 0 Å². The molecule has 106 valence electrons. The molecule has 1 atom stereocenters. The number of hydrogen-bond donors (Lipinski definition) is 2. The van der Waals surface area contributed by atoms with Crippen LogP contribution in [0.15, 0.2) is 24.3 Å². The lowest BCUT2D eigenvalue weighted by atomic mass is 9.77. The topological polar surface area (TPSA) is 47.3 Å². The van der Waals surface area contributed by atoms with Crippen molar-refractivity contribution in [3.8, 4) is 5.75 Å². The van der Waals surface area contributed by atoms with Crippen LogP contribution in [-0.4, -0.2) is 6.61 Å². The maximum Gasteiger partial charge on any atom is 0.119 e. The summed E-state index contributed by atoms with van der Waals surface area (Å²) in [6, 6.07) is 8.56. The summed E-state index contributed by atoms with van der Waals surface area (Å²) in [5.41, 5.74) is 4.26. The van der Waals surface area contributed by atoms with Gasteiger partial charge in [0.15, 0.2) is 0 Å². The van der Waals surface area contributed by atoms with E-state index >= 15 is 0 Å². The van der Waals surface area contributed by atoms with Gasteiger partial charge < -0.3 is 4.74 Å². The number of ether oxygens (including phenoxy) is 1. The van der Waals surface area contributed by atoms with Gasteiger partial charge in [-0.15, -0.1) is 0 Å². The van der Waals surface area contributed by atoms with E-state index in [0.717, 1.165) is 11.7 Å². The van der Waals surface area contributed by atoms with Gasteiger partial charge in [-0.1, -0.05) is 31.9 Å². The second kappa shape index (κ2) is 6.92. The molecule has 3 nitrogen and oxygen atoms in total. The van der Waals surface area contributed by atoms with E-state index in [0.29, 0.717) is 12.5 Å². The van der Waals surface area contributed by atoms with E-state index < -0.39 is 0 Å². The zero-order chi connectivity index (χ0) is 13.7. The molecule has 1 aliphatic carbocycles. The van der Waals surface area contributed by atoms with Crippen molar-refractivity contribution in [2.45, 2.75) is 45.6 Å². The largest absolute Gasteiger partial charge is 0.494 e. The SMILES string of the molecule is CCOc1cccc(C(NN)C2CCC(C)CC2)c1. The van der Waals surface area contributed by atoms with Gasteiger partial charge in [-0.05, 0) is 49.3 Å². The highest BCUT2D eigenvalue weighted by Gasteiger charge is 2.26. The van der Waals surface area contributed by atoms with Gasteiger partial charge >= 0.3 is 0 Å². The smallest absolute Gasteiger partial charge is 0.119 e. The fourth-order valence-electron chi connectivity index (χ4n) is 3.09. The predicted octanol–water partition coefficient (Wildman–Crippen LogP) is 3.42. The van der Waals surface area contributed by atoms with Crippen LogP contribution in [0.5, 0.6) is 5.75 Å². The van der Waals surface area contributed by atoms with Crippen molar-refractivity contribution in [2.24, 2.45) is 17.7 Å². The zero-order valence-electron chi connectivity index (χ0n) is 12.1. The maximum atomic E-state index is 5.80. The predicted molar refractivity (Wildman–Crippen MR) is 78.8 cm³/mol. The molecule has 0 aromatic heterocycles. The summed E-state index contributed by atoms with van der Waals surface area (Å²) in [6.07, 6.45) is 5.14. The molecule has 0 bridgehead atoms. The lowest BCUT2D eigenvalue weighted by Crippen LogP contribution is -2.35. The van der Waals surface area contributed by atoms with Crippen molar-refractivity contribution in [1.29, 1.82) is 0 Å². The van der Waals surface area contributed by atoms with Crippen LogP contribution < -0.4 is 16.0 Å². The Balaban J connectivity index is 2.10. The Morgan fingerprint density at radius 2 is 2.05 bits per heavy atom. The molecule has 0 radical (unpaired) electrons. The third-order valence-corrected chi connectivity index (χ3v) is 4.24. The highest BCUT2D eigenvalue weighted by molar-refractivity contribution is 5.31. The summed E-state index contributed by atoms with van der Waals surface area (Å²) < 4.78 is 5.58. The average molecular weight is 262 g/mol. The van der Waals surface area contributed by atoms with Crippen LogP contribution >= 0.6 is 0 Å². The van der Waals surface area contributed by atoms with Crippen molar-refractivity contribution >= 4 is 0 Å². The number of nitrogens with two attached hydrogens (primary N) is 1. The van der Waals surface area contributed by atoms with Crippen molar-refractivity contribution in [2.75, 3.05) is 6.61 Å². The first-order chi connectivity index (χ1) is 9.24. The Hall–Kier alpha value is -1.06. The van der Waals surface area contributed by atoms with Gasteiger partial charge in [0.05, 0.1) is 6.61 Å². The van der Waals surface area contributed by atoms with Crippen LogP contribution in [0.1, 0.15) is 51.1 Å². The molecule has 1 aromatic carbocycles. The number of nitrogens with one attached hydrogen (secondary N) is 1. The van der Waals surface area contributed by atoms with Gasteiger partial charge in [0.1, 0.15) is 5.75 Å². The number of benzene rings is 1. The van der Waals surface area contributed by atoms with Crippen molar-refractivity contribution < 1.29 is 4.74 Å². The molecular formula is C16H26N2O. The normalized spacial score (nSPS) is 25.0. The van der Waals surface area contributed by atoms with Gasteiger partial charge in [0.25, 0.3) is 0 Å². The first-order valence-corrected chi connectivity index (χ1v) is 7.43. The Kier molecular flexibility index (Phi) is 5.23. The van der Waals surface area contributed by atoms with Crippen molar-refractivity contribution in [3.63, 3.8) is 0 Å². The summed E-state index contributed by atoms with van der Waals surface area (Å²) in [7, 11) is 0. The van der Waals surface area contributed by atoms with Crippen LogP contribution in [0, 0.1) is 11.8 Å². The Morgan fingerprint density at radius 3 is 2.68 bits per heavy atom. The second-order valence-corrected chi connectivity index (χ2v) is 5.67. The van der Waals surface area contributed by atoms with Crippen LogP contribution in [0.25, 0.3) is 0 Å². The van der Waals surface area contributed by atoms with Crippen LogP contribution in [0.3, 0.4) is 0 Å². The standard InChI is InChI=1S/C16H26N2O/c1-3-19-15-6-4-5-14(11-15)16(18-17)13-9-7-12(2)8-10-13/h4-6,11-13,16,18H,3,7-10,17H2,1-2H3. The molecule has 1 aliphatic rings. The molecule has 19 heavy (non-hydrogen) atoms. The summed E-state index contributed by atoms with van der Waals surface area (Å²) >= 11 is 0. The minimum Gasteiger partial charge on any atom is -0.494 e. The minimum absolute atomic E-state index is 0.243. The third-order valence-electron chi connectivity index (χ3n) is 4.24. The molecule has 2 rings (SSSR count). The third kappa shape index (κ3) is 3.71. The summed E-state index contributed by atoms with van der Waals surface area (Å²) in [4.78, 5) is 0. The van der Waals surface area contributed by atoms with Crippen molar-refractivity contribution in [1.82, 2.24) is 5.43 Å². The zero-order valence-corrected chi connectivity index (χ0v) is 12.1. The van der Waals surface area contributed by atoms with Gasteiger partial charge in [-0.3, -0.25) is 11.3 Å². The van der Waals surface area contributed by atoms with Gasteiger partial charge in [-0.25, -0.2) is 0 Å². The second-order valence-electron chi connectivity index (χ2n) is 5.67. The van der Waals surface area contributed by atoms with Crippen LogP contribution in [0.2, 0.25) is 0 Å². The Labute approximate surface area is 116 Å². The van der Waals surface area contributed by atoms with Crippen LogP contribution in [-0.2, 0) is 0 Å². The fraction of sp³-hybridized carbons (Fsp3) is 0.625. The molecule has 0 heterocycles. The summed E-state index contributed by atoms with van der Waals surface area (Å²) in [5.74, 6) is 8.24. The molecule has 1 unspecified atom stereocenters. The molecule has 0 aliphatic heterocycles. The molecule has 1 fully saturated rings. The molecule has 1 aromatic rings. The lowest BCUT2D eigenvalue weighted by Gasteiger charge is -2.32. The van der Waals surface area contributed by atoms with Gasteiger partial charge in [0, 0.05) is 6.04 Å². The van der Waals surface area contributed by atoms with E-state index in [1.165, 1.54) is 31.2 Å². The van der Waals surface area contributed by atoms with Gasteiger partial charge in [-0.2, -0.15) is 0 Å². The lowest BCUT2D eigenvalue weighted by molar-refractivity contribution is 0.232. The molecule has 3 heteroatoms. The quantitative estimate of drug-likeness (QED) is 0.631. The molecular weight excluding hydrogens is 236 g/mol. The highest BCUT2D eigenvalue weighted by Crippen LogP contribution is 2.37. The summed E-state index contributed by atoms with van der Waals surface area (Å²) in [5, 5.41) is 0. The van der Waals surface area contributed by atoms with E-state index in [4.69, 9.17) is 10.6 Å². The number of hydrogen-bond acceptors (Lipinski definition) is 3.